The molecule has 5 nitrogen and oxygen atoms in total. The molecule has 2 aromatic heterocycles. The minimum absolute atomic E-state index is 0.192. The zero-order valence-corrected chi connectivity index (χ0v) is 13.4. The highest BCUT2D eigenvalue weighted by atomic mass is 32.2. The molecule has 0 bridgehead atoms. The normalized spacial score (nSPS) is 11.8. The average molecular weight is 331 g/mol. The van der Waals surface area contributed by atoms with Crippen LogP contribution in [0.25, 0.3) is 11.1 Å². The molecule has 1 amide bonds. The third-order valence-electron chi connectivity index (χ3n) is 2.83. The van der Waals surface area contributed by atoms with Gasteiger partial charge in [0.15, 0.2) is 5.58 Å². The summed E-state index contributed by atoms with van der Waals surface area (Å²) in [6, 6.07) is 11.4. The second kappa shape index (κ2) is 6.76. The molecule has 22 heavy (non-hydrogen) atoms. The maximum Gasteiger partial charge on any atom is 0.257 e. The molecule has 0 aliphatic heterocycles. The minimum atomic E-state index is -0.192. The van der Waals surface area contributed by atoms with Crippen LogP contribution in [0.1, 0.15) is 11.8 Å². The molecular formula is C15H13N3O2S2. The number of hydrazone groups is 1. The smallest absolute Gasteiger partial charge is 0.257 e. The van der Waals surface area contributed by atoms with Crippen molar-refractivity contribution in [2.24, 2.45) is 5.10 Å². The quantitative estimate of drug-likeness (QED) is 0.441. The van der Waals surface area contributed by atoms with Crippen molar-refractivity contribution in [3.63, 3.8) is 0 Å². The predicted molar refractivity (Wildman–Crippen MR) is 89.4 cm³/mol. The first-order valence-electron chi connectivity index (χ1n) is 6.58. The van der Waals surface area contributed by atoms with Crippen LogP contribution in [-0.4, -0.2) is 22.4 Å². The van der Waals surface area contributed by atoms with Gasteiger partial charge in [0.1, 0.15) is 5.52 Å². The number of para-hydroxylation sites is 2. The fourth-order valence-corrected chi connectivity index (χ4v) is 3.07. The molecule has 3 rings (SSSR count). The Bertz CT molecular complexity index is 776. The molecule has 1 aromatic carbocycles. The predicted octanol–water partition coefficient (Wildman–Crippen LogP) is 3.52. The van der Waals surface area contributed by atoms with Crippen LogP contribution < -0.4 is 5.43 Å². The van der Waals surface area contributed by atoms with Crippen LogP contribution in [0.5, 0.6) is 0 Å². The lowest BCUT2D eigenvalue weighted by Crippen LogP contribution is -2.21. The van der Waals surface area contributed by atoms with Crippen LogP contribution in [0.4, 0.5) is 0 Å². The Balaban J connectivity index is 1.55. The average Bonchev–Trinajstić information content (AvgIpc) is 3.19. The molecule has 112 valence electrons. The fourth-order valence-electron chi connectivity index (χ4n) is 1.76. The van der Waals surface area contributed by atoms with Crippen LogP contribution in [0.2, 0.25) is 0 Å². The Hall–Kier alpha value is -2.12. The maximum atomic E-state index is 11.8. The lowest BCUT2D eigenvalue weighted by molar-refractivity contribution is -0.118. The third kappa shape index (κ3) is 3.55. The number of fused-ring (bicyclic) bond motifs is 1. The van der Waals surface area contributed by atoms with E-state index in [0.717, 1.165) is 21.7 Å². The number of carbonyl (C=O) groups is 1. The number of oxazole rings is 1. The van der Waals surface area contributed by atoms with E-state index in [0.29, 0.717) is 5.22 Å². The zero-order valence-electron chi connectivity index (χ0n) is 11.8. The molecule has 0 saturated carbocycles. The standard InChI is InChI=1S/C15H13N3O2S2/c1-10(13-7-4-8-21-13)17-18-14(19)9-22-15-16-11-5-2-3-6-12(11)20-15/h2-8H,9H2,1H3,(H,18,19)/b17-10+. The van der Waals surface area contributed by atoms with Gasteiger partial charge in [-0.25, -0.2) is 10.4 Å². The van der Waals surface area contributed by atoms with E-state index in [1.54, 1.807) is 11.3 Å². The lowest BCUT2D eigenvalue weighted by Gasteiger charge is -1.99. The van der Waals surface area contributed by atoms with E-state index in [2.05, 4.69) is 15.5 Å². The topological polar surface area (TPSA) is 67.5 Å². The van der Waals surface area contributed by atoms with E-state index in [1.165, 1.54) is 11.8 Å². The molecule has 7 heteroatoms. The van der Waals surface area contributed by atoms with Gasteiger partial charge in [-0.15, -0.1) is 11.3 Å². The summed E-state index contributed by atoms with van der Waals surface area (Å²) in [6.45, 7) is 1.86. The van der Waals surface area contributed by atoms with Crippen molar-refractivity contribution in [3.8, 4) is 0 Å². The van der Waals surface area contributed by atoms with Crippen molar-refractivity contribution in [1.29, 1.82) is 0 Å². The first-order valence-corrected chi connectivity index (χ1v) is 8.44. The van der Waals surface area contributed by atoms with Gasteiger partial charge < -0.3 is 4.42 Å². The number of hydrogen-bond donors (Lipinski definition) is 1. The number of amides is 1. The molecule has 0 spiro atoms. The molecule has 0 unspecified atom stereocenters. The molecule has 0 fully saturated rings. The first-order chi connectivity index (χ1) is 10.7. The van der Waals surface area contributed by atoms with E-state index in [4.69, 9.17) is 4.42 Å². The number of aromatic nitrogens is 1. The summed E-state index contributed by atoms with van der Waals surface area (Å²) in [5.41, 5.74) is 4.84. The number of nitrogens with one attached hydrogen (secondary N) is 1. The van der Waals surface area contributed by atoms with Crippen LogP contribution in [0, 0.1) is 0 Å². The van der Waals surface area contributed by atoms with E-state index in [1.807, 2.05) is 48.7 Å². The monoisotopic (exact) mass is 331 g/mol. The van der Waals surface area contributed by atoms with Crippen molar-refractivity contribution in [1.82, 2.24) is 10.4 Å². The fraction of sp³-hybridized carbons (Fsp3) is 0.133. The van der Waals surface area contributed by atoms with Crippen LogP contribution in [0.15, 0.2) is 56.5 Å². The van der Waals surface area contributed by atoms with Gasteiger partial charge in [0, 0.05) is 4.88 Å². The summed E-state index contributed by atoms with van der Waals surface area (Å²) < 4.78 is 5.54. The number of thiophene rings is 1. The highest BCUT2D eigenvalue weighted by molar-refractivity contribution is 7.99. The Morgan fingerprint density at radius 3 is 3.00 bits per heavy atom. The van der Waals surface area contributed by atoms with Crippen molar-refractivity contribution in [2.75, 3.05) is 5.75 Å². The largest absolute Gasteiger partial charge is 0.431 e. The number of thioether (sulfide) groups is 1. The number of carbonyl (C=O) groups excluding carboxylic acids is 1. The summed E-state index contributed by atoms with van der Waals surface area (Å²) in [7, 11) is 0. The van der Waals surface area contributed by atoms with Gasteiger partial charge in [0.2, 0.25) is 0 Å². The number of nitrogens with zero attached hydrogens (tertiary/aromatic N) is 2. The molecule has 3 aromatic rings. The maximum absolute atomic E-state index is 11.8. The molecular weight excluding hydrogens is 318 g/mol. The molecule has 0 aliphatic carbocycles. The second-order valence-corrected chi connectivity index (χ2v) is 6.32. The SMILES string of the molecule is C/C(=N\NC(=O)CSc1nc2ccccc2o1)c1cccs1. The number of hydrogen-bond acceptors (Lipinski definition) is 6. The van der Waals surface area contributed by atoms with E-state index in [-0.39, 0.29) is 11.7 Å². The van der Waals surface area contributed by atoms with Crippen LogP contribution in [0.3, 0.4) is 0 Å². The Kier molecular flexibility index (Phi) is 4.55. The Morgan fingerprint density at radius 2 is 2.23 bits per heavy atom. The first kappa shape index (κ1) is 14.8. The van der Waals surface area contributed by atoms with E-state index < -0.39 is 0 Å². The summed E-state index contributed by atoms with van der Waals surface area (Å²) in [5, 5.41) is 6.54. The van der Waals surface area contributed by atoms with Crippen LogP contribution in [-0.2, 0) is 4.79 Å². The second-order valence-electron chi connectivity index (χ2n) is 4.45. The molecule has 0 saturated heterocycles. The highest BCUT2D eigenvalue weighted by Crippen LogP contribution is 2.22. The van der Waals surface area contributed by atoms with Gasteiger partial charge in [-0.3, -0.25) is 4.79 Å². The highest BCUT2D eigenvalue weighted by Gasteiger charge is 2.09. The summed E-state index contributed by atoms with van der Waals surface area (Å²) >= 11 is 2.83. The zero-order chi connectivity index (χ0) is 15.4. The summed E-state index contributed by atoms with van der Waals surface area (Å²) in [4.78, 5) is 17.1. The van der Waals surface area contributed by atoms with Gasteiger partial charge in [-0.1, -0.05) is 30.0 Å². The van der Waals surface area contributed by atoms with Crippen LogP contribution >= 0.6 is 23.1 Å². The summed E-state index contributed by atoms with van der Waals surface area (Å²) in [5.74, 6) is 0.0109. The van der Waals surface area contributed by atoms with Crippen molar-refractivity contribution in [3.05, 3.63) is 46.7 Å². The Morgan fingerprint density at radius 1 is 1.36 bits per heavy atom. The molecule has 0 radical (unpaired) electrons. The van der Waals surface area contributed by atoms with Gasteiger partial charge in [-0.05, 0) is 30.5 Å². The van der Waals surface area contributed by atoms with E-state index >= 15 is 0 Å². The Labute approximate surface area is 135 Å². The molecule has 0 atom stereocenters. The van der Waals surface area contributed by atoms with Gasteiger partial charge >= 0.3 is 0 Å². The van der Waals surface area contributed by atoms with Crippen molar-refractivity contribution in [2.45, 2.75) is 12.1 Å². The van der Waals surface area contributed by atoms with Gasteiger partial charge in [-0.2, -0.15) is 5.10 Å². The van der Waals surface area contributed by atoms with E-state index in [9.17, 15) is 4.79 Å². The van der Waals surface area contributed by atoms with Crippen molar-refractivity contribution < 1.29 is 9.21 Å². The lowest BCUT2D eigenvalue weighted by atomic mass is 10.3. The number of rotatable bonds is 5. The molecule has 2 heterocycles. The third-order valence-corrected chi connectivity index (χ3v) is 4.63. The number of benzene rings is 1. The molecule has 1 N–H and O–H groups in total. The van der Waals surface area contributed by atoms with Gasteiger partial charge in [0.05, 0.1) is 11.5 Å². The molecule has 0 aliphatic rings. The minimum Gasteiger partial charge on any atom is -0.431 e. The van der Waals surface area contributed by atoms with Gasteiger partial charge in [0.25, 0.3) is 11.1 Å². The summed E-state index contributed by atoms with van der Waals surface area (Å²) in [6.07, 6.45) is 0. The van der Waals surface area contributed by atoms with Crippen molar-refractivity contribution >= 4 is 45.8 Å².